The van der Waals surface area contributed by atoms with Crippen molar-refractivity contribution in [3.8, 4) is 11.9 Å². The molecule has 0 unspecified atom stereocenters. The van der Waals surface area contributed by atoms with Crippen molar-refractivity contribution in [1.82, 2.24) is 10.3 Å². The van der Waals surface area contributed by atoms with Crippen LogP contribution in [0.3, 0.4) is 0 Å². The minimum atomic E-state index is -0.339. The van der Waals surface area contributed by atoms with E-state index >= 15 is 0 Å². The molecule has 2 aromatic rings. The number of nitrogens with zero attached hydrogens (tertiary/aromatic N) is 2. The van der Waals surface area contributed by atoms with Gasteiger partial charge in [0.05, 0.1) is 12.3 Å². The van der Waals surface area contributed by atoms with Crippen LogP contribution in [0.4, 0.5) is 5.69 Å². The number of ether oxygens (including phenoxy) is 1. The highest BCUT2D eigenvalue weighted by Crippen LogP contribution is 2.22. The number of hydrogen-bond donors (Lipinski definition) is 2. The minimum absolute atomic E-state index is 0.0911. The molecule has 0 spiro atoms. The number of aromatic nitrogens is 1. The largest absolute Gasteiger partial charge is 0.477 e. The van der Waals surface area contributed by atoms with Gasteiger partial charge in [-0.15, -0.1) is 11.3 Å². The molecule has 7 heteroatoms. The number of nitriles is 1. The third kappa shape index (κ3) is 3.74. The van der Waals surface area contributed by atoms with Crippen LogP contribution in [-0.4, -0.2) is 24.0 Å². The van der Waals surface area contributed by atoms with E-state index in [0.29, 0.717) is 13.2 Å². The zero-order valence-electron chi connectivity index (χ0n) is 12.1. The Balaban J connectivity index is 2.07. The van der Waals surface area contributed by atoms with Crippen LogP contribution in [0.25, 0.3) is 0 Å². The summed E-state index contributed by atoms with van der Waals surface area (Å²) < 4.78 is 5.27. The van der Waals surface area contributed by atoms with Gasteiger partial charge in [0.2, 0.25) is 5.88 Å². The van der Waals surface area contributed by atoms with Crippen LogP contribution in [0.5, 0.6) is 5.88 Å². The van der Waals surface area contributed by atoms with Crippen LogP contribution < -0.4 is 15.8 Å². The van der Waals surface area contributed by atoms with Gasteiger partial charge in [-0.3, -0.25) is 4.79 Å². The molecule has 2 heterocycles. The van der Waals surface area contributed by atoms with Crippen molar-refractivity contribution in [3.05, 3.63) is 39.7 Å². The predicted octanol–water partition coefficient (Wildman–Crippen LogP) is 1.97. The van der Waals surface area contributed by atoms with Crippen LogP contribution in [0.1, 0.15) is 27.9 Å². The second-order valence-electron chi connectivity index (χ2n) is 4.41. The van der Waals surface area contributed by atoms with E-state index in [2.05, 4.69) is 10.3 Å². The maximum Gasteiger partial charge on any atom is 0.270 e. The SMILES string of the molecule is CCOc1nc(C(=O)NCCc2cccs2)cc(N)c1C#N. The molecule has 0 aromatic carbocycles. The molecule has 0 radical (unpaired) electrons. The highest BCUT2D eigenvalue weighted by molar-refractivity contribution is 7.09. The van der Waals surface area contributed by atoms with Crippen molar-refractivity contribution in [3.63, 3.8) is 0 Å². The molecule has 0 fully saturated rings. The van der Waals surface area contributed by atoms with E-state index in [0.717, 1.165) is 6.42 Å². The average molecular weight is 316 g/mol. The van der Waals surface area contributed by atoms with E-state index in [9.17, 15) is 4.79 Å². The Morgan fingerprint density at radius 2 is 2.41 bits per heavy atom. The molecule has 6 nitrogen and oxygen atoms in total. The van der Waals surface area contributed by atoms with E-state index in [1.54, 1.807) is 18.3 Å². The minimum Gasteiger partial charge on any atom is -0.477 e. The zero-order valence-corrected chi connectivity index (χ0v) is 12.9. The molecule has 0 aliphatic carbocycles. The molecule has 0 aliphatic heterocycles. The Kier molecular flexibility index (Phi) is 5.33. The normalized spacial score (nSPS) is 10.0. The van der Waals surface area contributed by atoms with Crippen LogP contribution in [0.15, 0.2) is 23.6 Å². The lowest BCUT2D eigenvalue weighted by atomic mass is 10.2. The number of rotatable bonds is 6. The van der Waals surface area contributed by atoms with Gasteiger partial charge in [-0.05, 0) is 30.9 Å². The van der Waals surface area contributed by atoms with Gasteiger partial charge in [-0.2, -0.15) is 5.26 Å². The molecule has 114 valence electrons. The van der Waals surface area contributed by atoms with E-state index in [4.69, 9.17) is 15.7 Å². The number of carbonyl (C=O) groups is 1. The molecule has 0 saturated heterocycles. The van der Waals surface area contributed by atoms with Crippen LogP contribution >= 0.6 is 11.3 Å². The van der Waals surface area contributed by atoms with E-state index in [-0.39, 0.29) is 28.7 Å². The summed E-state index contributed by atoms with van der Waals surface area (Å²) in [5.41, 5.74) is 6.26. The van der Waals surface area contributed by atoms with Gasteiger partial charge in [0, 0.05) is 11.4 Å². The van der Waals surface area contributed by atoms with E-state index < -0.39 is 0 Å². The molecule has 0 saturated carbocycles. The zero-order chi connectivity index (χ0) is 15.9. The number of nitrogens with one attached hydrogen (secondary N) is 1. The molecule has 0 aliphatic rings. The van der Waals surface area contributed by atoms with Crippen molar-refractivity contribution >= 4 is 22.9 Å². The molecular weight excluding hydrogens is 300 g/mol. The first-order chi connectivity index (χ1) is 10.7. The quantitative estimate of drug-likeness (QED) is 0.848. The van der Waals surface area contributed by atoms with Crippen molar-refractivity contribution < 1.29 is 9.53 Å². The van der Waals surface area contributed by atoms with Crippen molar-refractivity contribution in [2.45, 2.75) is 13.3 Å². The highest BCUT2D eigenvalue weighted by atomic mass is 32.1. The van der Waals surface area contributed by atoms with Gasteiger partial charge in [-0.25, -0.2) is 4.98 Å². The second-order valence-corrected chi connectivity index (χ2v) is 5.44. The summed E-state index contributed by atoms with van der Waals surface area (Å²) in [7, 11) is 0. The van der Waals surface area contributed by atoms with Gasteiger partial charge in [0.1, 0.15) is 17.3 Å². The van der Waals surface area contributed by atoms with Gasteiger partial charge >= 0.3 is 0 Å². The first-order valence-corrected chi connectivity index (χ1v) is 7.67. The van der Waals surface area contributed by atoms with Crippen LogP contribution in [0.2, 0.25) is 0 Å². The summed E-state index contributed by atoms with van der Waals surface area (Å²) in [6.07, 6.45) is 0.757. The lowest BCUT2D eigenvalue weighted by Gasteiger charge is -2.09. The van der Waals surface area contributed by atoms with Crippen molar-refractivity contribution in [2.24, 2.45) is 0 Å². The van der Waals surface area contributed by atoms with Gasteiger partial charge in [-0.1, -0.05) is 6.07 Å². The molecule has 0 bridgehead atoms. The van der Waals surface area contributed by atoms with Crippen molar-refractivity contribution in [1.29, 1.82) is 5.26 Å². The summed E-state index contributed by atoms with van der Waals surface area (Å²) in [5.74, 6) is -0.248. The smallest absolute Gasteiger partial charge is 0.270 e. The summed E-state index contributed by atoms with van der Waals surface area (Å²) >= 11 is 1.64. The fraction of sp³-hybridized carbons (Fsp3) is 0.267. The molecule has 1 amide bonds. The van der Waals surface area contributed by atoms with Gasteiger partial charge in [0.15, 0.2) is 0 Å². The van der Waals surface area contributed by atoms with Crippen molar-refractivity contribution in [2.75, 3.05) is 18.9 Å². The number of hydrogen-bond acceptors (Lipinski definition) is 6. The summed E-state index contributed by atoms with van der Waals surface area (Å²) in [6.45, 7) is 2.61. The Bertz CT molecular complexity index is 692. The number of amides is 1. The maximum absolute atomic E-state index is 12.1. The number of carbonyl (C=O) groups excluding carboxylic acids is 1. The molecule has 22 heavy (non-hydrogen) atoms. The third-order valence-corrected chi connectivity index (χ3v) is 3.82. The van der Waals surface area contributed by atoms with E-state index in [1.807, 2.05) is 23.6 Å². The first kappa shape index (κ1) is 15.8. The van der Waals surface area contributed by atoms with Crippen LogP contribution in [0, 0.1) is 11.3 Å². The first-order valence-electron chi connectivity index (χ1n) is 6.79. The second kappa shape index (κ2) is 7.43. The number of anilines is 1. The maximum atomic E-state index is 12.1. The monoisotopic (exact) mass is 316 g/mol. The standard InChI is InChI=1S/C15H16N4O2S/c1-2-21-15-11(9-16)12(17)8-13(19-15)14(20)18-6-5-10-4-3-7-22-10/h3-4,7-8H,2,5-6H2,1H3,(H2,17,19)(H,18,20). The van der Waals surface area contributed by atoms with E-state index in [1.165, 1.54) is 10.9 Å². The number of thiophene rings is 1. The molecule has 2 aromatic heterocycles. The fourth-order valence-electron chi connectivity index (χ4n) is 1.85. The van der Waals surface area contributed by atoms with Crippen LogP contribution in [-0.2, 0) is 6.42 Å². The lowest BCUT2D eigenvalue weighted by molar-refractivity contribution is 0.0948. The Morgan fingerprint density at radius 1 is 1.59 bits per heavy atom. The molecule has 2 rings (SSSR count). The fourth-order valence-corrected chi connectivity index (χ4v) is 2.56. The Labute approximate surface area is 132 Å². The third-order valence-electron chi connectivity index (χ3n) is 2.88. The van der Waals surface area contributed by atoms with Gasteiger partial charge in [0.25, 0.3) is 5.91 Å². The summed E-state index contributed by atoms with van der Waals surface area (Å²) in [4.78, 5) is 17.4. The average Bonchev–Trinajstić information content (AvgIpc) is 3.00. The lowest BCUT2D eigenvalue weighted by Crippen LogP contribution is -2.26. The topological polar surface area (TPSA) is 101 Å². The summed E-state index contributed by atoms with van der Waals surface area (Å²) in [6, 6.07) is 7.31. The predicted molar refractivity (Wildman–Crippen MR) is 84.9 cm³/mol. The number of nitrogens with two attached hydrogens (primary N) is 1. The molecule has 0 atom stereocenters. The Morgan fingerprint density at radius 3 is 3.05 bits per heavy atom. The molecule has 3 N–H and O–H groups in total. The Hall–Kier alpha value is -2.59. The number of nitrogen functional groups attached to an aromatic ring is 1. The molecular formula is C15H16N4O2S. The van der Waals surface area contributed by atoms with Gasteiger partial charge < -0.3 is 15.8 Å². The highest BCUT2D eigenvalue weighted by Gasteiger charge is 2.16. The number of pyridine rings is 1. The summed E-state index contributed by atoms with van der Waals surface area (Å²) in [5, 5.41) is 13.8.